The molecule has 0 unspecified atom stereocenters. The van der Waals surface area contributed by atoms with Crippen LogP contribution in [0.2, 0.25) is 0 Å². The Balaban J connectivity index is 2.21. The van der Waals surface area contributed by atoms with Crippen molar-refractivity contribution < 1.29 is 0 Å². The Morgan fingerprint density at radius 2 is 1.44 bits per heavy atom. The summed E-state index contributed by atoms with van der Waals surface area (Å²) in [5.74, 6) is 0. The van der Waals surface area contributed by atoms with Crippen molar-refractivity contribution in [2.45, 2.75) is 13.8 Å². The van der Waals surface area contributed by atoms with E-state index in [2.05, 4.69) is 74.5 Å². The molecule has 0 spiro atoms. The van der Waals surface area contributed by atoms with E-state index in [-0.39, 0.29) is 0 Å². The number of hydrogen-bond acceptors (Lipinski definition) is 0. The van der Waals surface area contributed by atoms with Crippen LogP contribution in [0.1, 0.15) is 22.3 Å². The molecule has 0 saturated carbocycles. The molecule has 0 saturated heterocycles. The Hall–Kier alpha value is -1.82. The molecule has 0 aliphatic rings. The number of rotatable bonds is 2. The average molecular weight is 208 g/mol. The summed E-state index contributed by atoms with van der Waals surface area (Å²) in [6.07, 6.45) is 4.32. The van der Waals surface area contributed by atoms with Gasteiger partial charge in [-0.2, -0.15) is 0 Å². The first kappa shape index (κ1) is 10.7. The average Bonchev–Trinajstić information content (AvgIpc) is 2.30. The molecule has 0 fully saturated rings. The van der Waals surface area contributed by atoms with Crippen LogP contribution >= 0.6 is 0 Å². The first-order chi connectivity index (χ1) is 7.75. The molecule has 0 atom stereocenters. The molecular formula is C16H16. The lowest BCUT2D eigenvalue weighted by molar-refractivity contribution is 1.44. The third-order valence-electron chi connectivity index (χ3n) is 2.72. The van der Waals surface area contributed by atoms with Crippen LogP contribution in [0.4, 0.5) is 0 Å². The van der Waals surface area contributed by atoms with Crippen molar-refractivity contribution in [3.63, 3.8) is 0 Å². The van der Waals surface area contributed by atoms with Crippen LogP contribution in [0.5, 0.6) is 0 Å². The number of aryl methyl sites for hydroxylation is 2. The van der Waals surface area contributed by atoms with Gasteiger partial charge in [0.2, 0.25) is 0 Å². The van der Waals surface area contributed by atoms with Gasteiger partial charge in [0, 0.05) is 0 Å². The van der Waals surface area contributed by atoms with Crippen molar-refractivity contribution in [2.75, 3.05) is 0 Å². The molecule has 2 aromatic carbocycles. The van der Waals surface area contributed by atoms with E-state index >= 15 is 0 Å². The number of hydrogen-bond donors (Lipinski definition) is 0. The molecule has 0 aliphatic carbocycles. The molecule has 2 rings (SSSR count). The third-order valence-corrected chi connectivity index (χ3v) is 2.72. The maximum atomic E-state index is 2.17. The van der Waals surface area contributed by atoms with Crippen LogP contribution in [0, 0.1) is 13.8 Å². The summed E-state index contributed by atoms with van der Waals surface area (Å²) in [6.45, 7) is 4.24. The van der Waals surface area contributed by atoms with Crippen molar-refractivity contribution in [1.29, 1.82) is 0 Å². The Kier molecular flexibility index (Phi) is 3.21. The normalized spacial score (nSPS) is 10.9. The van der Waals surface area contributed by atoms with Gasteiger partial charge in [-0.3, -0.25) is 0 Å². The SMILES string of the molecule is Cc1ccc(C=Cc2ccccc2C)cc1. The quantitative estimate of drug-likeness (QED) is 0.638. The molecule has 16 heavy (non-hydrogen) atoms. The van der Waals surface area contributed by atoms with Crippen LogP contribution in [-0.4, -0.2) is 0 Å². The minimum Gasteiger partial charge on any atom is -0.0620 e. The molecule has 0 aromatic heterocycles. The zero-order valence-corrected chi connectivity index (χ0v) is 9.77. The third kappa shape index (κ3) is 2.60. The van der Waals surface area contributed by atoms with E-state index in [0.29, 0.717) is 0 Å². The molecule has 0 heteroatoms. The summed E-state index contributed by atoms with van der Waals surface area (Å²) < 4.78 is 0. The fourth-order valence-corrected chi connectivity index (χ4v) is 1.64. The van der Waals surface area contributed by atoms with E-state index in [1.54, 1.807) is 0 Å². The summed E-state index contributed by atoms with van der Waals surface area (Å²) in [4.78, 5) is 0. The highest BCUT2D eigenvalue weighted by Crippen LogP contribution is 2.12. The van der Waals surface area contributed by atoms with Crippen LogP contribution in [-0.2, 0) is 0 Å². The molecule has 0 radical (unpaired) electrons. The minimum atomic E-state index is 1.24. The molecule has 0 N–H and O–H groups in total. The summed E-state index contributed by atoms with van der Waals surface area (Å²) in [5, 5.41) is 0. The molecule has 2 aromatic rings. The van der Waals surface area contributed by atoms with Gasteiger partial charge in [0.1, 0.15) is 0 Å². The molecular weight excluding hydrogens is 192 g/mol. The summed E-state index contributed by atoms with van der Waals surface area (Å²) in [6, 6.07) is 17.0. The van der Waals surface area contributed by atoms with Gasteiger partial charge in [0.05, 0.1) is 0 Å². The molecule has 0 bridgehead atoms. The second-order valence-electron chi connectivity index (χ2n) is 4.10. The first-order valence-electron chi connectivity index (χ1n) is 5.56. The maximum absolute atomic E-state index is 2.17. The van der Waals surface area contributed by atoms with E-state index in [4.69, 9.17) is 0 Å². The lowest BCUT2D eigenvalue weighted by atomic mass is 10.1. The summed E-state index contributed by atoms with van der Waals surface area (Å²) in [5.41, 5.74) is 5.14. The van der Waals surface area contributed by atoms with Crippen molar-refractivity contribution in [1.82, 2.24) is 0 Å². The van der Waals surface area contributed by atoms with E-state index in [1.165, 1.54) is 22.3 Å². The van der Waals surface area contributed by atoms with Crippen molar-refractivity contribution in [3.05, 3.63) is 70.8 Å². The lowest BCUT2D eigenvalue weighted by Gasteiger charge is -1.99. The monoisotopic (exact) mass is 208 g/mol. The molecule has 0 amide bonds. The molecule has 0 aliphatic heterocycles. The van der Waals surface area contributed by atoms with Gasteiger partial charge >= 0.3 is 0 Å². The van der Waals surface area contributed by atoms with Crippen molar-refractivity contribution in [3.8, 4) is 0 Å². The van der Waals surface area contributed by atoms with E-state index in [9.17, 15) is 0 Å². The van der Waals surface area contributed by atoms with Gasteiger partial charge in [-0.05, 0) is 30.5 Å². The minimum absolute atomic E-state index is 1.24. The largest absolute Gasteiger partial charge is 0.0620 e. The topological polar surface area (TPSA) is 0 Å². The lowest BCUT2D eigenvalue weighted by Crippen LogP contribution is -1.78. The maximum Gasteiger partial charge on any atom is -0.0227 e. The highest BCUT2D eigenvalue weighted by Gasteiger charge is 1.91. The van der Waals surface area contributed by atoms with E-state index in [0.717, 1.165) is 0 Å². The van der Waals surface area contributed by atoms with Crippen LogP contribution < -0.4 is 0 Å². The van der Waals surface area contributed by atoms with Gasteiger partial charge in [0.25, 0.3) is 0 Å². The highest BCUT2D eigenvalue weighted by atomic mass is 14.0. The van der Waals surface area contributed by atoms with Gasteiger partial charge in [0.15, 0.2) is 0 Å². The van der Waals surface area contributed by atoms with Gasteiger partial charge in [-0.25, -0.2) is 0 Å². The van der Waals surface area contributed by atoms with Crippen LogP contribution in [0.15, 0.2) is 48.5 Å². The van der Waals surface area contributed by atoms with E-state index in [1.807, 2.05) is 0 Å². The summed E-state index contributed by atoms with van der Waals surface area (Å²) >= 11 is 0. The number of benzene rings is 2. The molecule has 0 heterocycles. The summed E-state index contributed by atoms with van der Waals surface area (Å²) in [7, 11) is 0. The van der Waals surface area contributed by atoms with Gasteiger partial charge in [-0.15, -0.1) is 0 Å². The predicted molar refractivity (Wildman–Crippen MR) is 71.3 cm³/mol. The highest BCUT2D eigenvalue weighted by molar-refractivity contribution is 5.71. The molecule has 80 valence electrons. The zero-order chi connectivity index (χ0) is 11.4. The Labute approximate surface area is 97.3 Å². The smallest absolute Gasteiger partial charge is 0.0227 e. The zero-order valence-electron chi connectivity index (χ0n) is 9.77. The second kappa shape index (κ2) is 4.80. The van der Waals surface area contributed by atoms with Crippen LogP contribution in [0.25, 0.3) is 12.2 Å². The standard InChI is InChI=1S/C16H16/c1-13-7-9-15(10-8-13)11-12-16-6-4-3-5-14(16)2/h3-12H,1-2H3. The Morgan fingerprint density at radius 3 is 2.12 bits per heavy atom. The van der Waals surface area contributed by atoms with Gasteiger partial charge < -0.3 is 0 Å². The second-order valence-corrected chi connectivity index (χ2v) is 4.10. The first-order valence-corrected chi connectivity index (χ1v) is 5.56. The fraction of sp³-hybridized carbons (Fsp3) is 0.125. The van der Waals surface area contributed by atoms with Crippen molar-refractivity contribution >= 4 is 12.2 Å². The van der Waals surface area contributed by atoms with Crippen molar-refractivity contribution in [2.24, 2.45) is 0 Å². The van der Waals surface area contributed by atoms with E-state index < -0.39 is 0 Å². The van der Waals surface area contributed by atoms with Gasteiger partial charge in [-0.1, -0.05) is 66.2 Å². The fourth-order valence-electron chi connectivity index (χ4n) is 1.64. The molecule has 0 nitrogen and oxygen atoms in total. The Morgan fingerprint density at radius 1 is 0.750 bits per heavy atom. The predicted octanol–water partition coefficient (Wildman–Crippen LogP) is 4.47. The van der Waals surface area contributed by atoms with Crippen LogP contribution in [0.3, 0.4) is 0 Å². The Bertz CT molecular complexity index is 490.